The Balaban J connectivity index is 1.68. The van der Waals surface area contributed by atoms with Crippen LogP contribution in [0.4, 0.5) is 5.82 Å². The van der Waals surface area contributed by atoms with Crippen LogP contribution >= 0.6 is 0 Å². The molecule has 0 bridgehead atoms. The van der Waals surface area contributed by atoms with Crippen LogP contribution in [0.25, 0.3) is 0 Å². The van der Waals surface area contributed by atoms with Crippen molar-refractivity contribution in [1.29, 1.82) is 5.26 Å². The first-order valence-corrected chi connectivity index (χ1v) is 6.47. The molecule has 0 radical (unpaired) electrons. The second kappa shape index (κ2) is 4.74. The minimum Gasteiger partial charge on any atom is -0.369 e. The van der Waals surface area contributed by atoms with E-state index in [0.29, 0.717) is 11.5 Å². The van der Waals surface area contributed by atoms with E-state index in [1.165, 1.54) is 11.1 Å². The predicted octanol–water partition coefficient (Wildman–Crippen LogP) is 3.01. The number of aromatic nitrogens is 1. The molecule has 3 nitrogen and oxygen atoms in total. The molecule has 1 unspecified atom stereocenters. The zero-order chi connectivity index (χ0) is 13.2. The highest BCUT2D eigenvalue weighted by atomic mass is 15.0. The van der Waals surface area contributed by atoms with Gasteiger partial charge in [0, 0.05) is 18.2 Å². The number of fused-ring (bicyclic) bond motifs is 1. The molecule has 1 aliphatic carbocycles. The first-order chi connectivity index (χ1) is 9.26. The number of anilines is 1. The van der Waals surface area contributed by atoms with Crippen molar-refractivity contribution in [2.24, 2.45) is 0 Å². The molecule has 0 amide bonds. The average Bonchev–Trinajstić information content (AvgIpc) is 2.39. The fourth-order valence-corrected chi connectivity index (χ4v) is 2.60. The van der Waals surface area contributed by atoms with Crippen molar-refractivity contribution in [3.8, 4) is 6.07 Å². The van der Waals surface area contributed by atoms with Crippen LogP contribution in [0.3, 0.4) is 0 Å². The summed E-state index contributed by atoms with van der Waals surface area (Å²) in [6.07, 6.45) is 1.13. The summed E-state index contributed by atoms with van der Waals surface area (Å²) < 4.78 is 0. The summed E-state index contributed by atoms with van der Waals surface area (Å²) in [6, 6.07) is 14.3. The molecule has 0 spiro atoms. The lowest BCUT2D eigenvalue weighted by atomic mass is 9.77. The van der Waals surface area contributed by atoms with E-state index in [0.717, 1.165) is 24.5 Å². The SMILES string of the molecule is Cc1cc(C#N)cc(NCC2Cc3ccccc32)n1. The Bertz CT molecular complexity index is 655. The minimum atomic E-state index is 0.559. The van der Waals surface area contributed by atoms with Gasteiger partial charge in [-0.3, -0.25) is 0 Å². The Morgan fingerprint density at radius 2 is 2.21 bits per heavy atom. The standard InChI is InChI=1S/C16H15N3/c1-11-6-12(9-17)7-16(19-11)18-10-14-8-13-4-2-3-5-15(13)14/h2-7,14H,8,10H2,1H3,(H,18,19). The largest absolute Gasteiger partial charge is 0.369 e. The van der Waals surface area contributed by atoms with Crippen molar-refractivity contribution >= 4 is 5.82 Å². The maximum Gasteiger partial charge on any atom is 0.127 e. The zero-order valence-corrected chi connectivity index (χ0v) is 10.9. The van der Waals surface area contributed by atoms with Gasteiger partial charge in [0.1, 0.15) is 5.82 Å². The van der Waals surface area contributed by atoms with Crippen LogP contribution in [0.1, 0.15) is 28.3 Å². The number of hydrogen-bond acceptors (Lipinski definition) is 3. The number of nitrogens with one attached hydrogen (secondary N) is 1. The van der Waals surface area contributed by atoms with E-state index in [-0.39, 0.29) is 0 Å². The van der Waals surface area contributed by atoms with Gasteiger partial charge in [-0.05, 0) is 36.6 Å². The fourth-order valence-electron chi connectivity index (χ4n) is 2.60. The Hall–Kier alpha value is -2.34. The molecule has 2 aromatic rings. The Kier molecular flexibility index (Phi) is 2.92. The first-order valence-electron chi connectivity index (χ1n) is 6.47. The highest BCUT2D eigenvalue weighted by Gasteiger charge is 2.24. The number of aryl methyl sites for hydroxylation is 1. The van der Waals surface area contributed by atoms with Crippen molar-refractivity contribution in [2.45, 2.75) is 19.3 Å². The monoisotopic (exact) mass is 249 g/mol. The lowest BCUT2D eigenvalue weighted by molar-refractivity contribution is 0.634. The van der Waals surface area contributed by atoms with E-state index >= 15 is 0 Å². The van der Waals surface area contributed by atoms with Gasteiger partial charge in [0.25, 0.3) is 0 Å². The molecule has 1 aromatic carbocycles. The van der Waals surface area contributed by atoms with E-state index < -0.39 is 0 Å². The Morgan fingerprint density at radius 1 is 1.37 bits per heavy atom. The molecule has 1 aliphatic rings. The number of hydrogen-bond donors (Lipinski definition) is 1. The molecule has 0 fully saturated rings. The summed E-state index contributed by atoms with van der Waals surface area (Å²) in [4.78, 5) is 4.41. The van der Waals surface area contributed by atoms with Gasteiger partial charge in [-0.25, -0.2) is 4.98 Å². The third-order valence-electron chi connectivity index (χ3n) is 3.57. The maximum absolute atomic E-state index is 8.95. The van der Waals surface area contributed by atoms with Crippen molar-refractivity contribution in [3.63, 3.8) is 0 Å². The van der Waals surface area contributed by atoms with Gasteiger partial charge >= 0.3 is 0 Å². The van der Waals surface area contributed by atoms with E-state index in [1.54, 1.807) is 12.1 Å². The average molecular weight is 249 g/mol. The molecule has 3 heteroatoms. The lowest BCUT2D eigenvalue weighted by Crippen LogP contribution is -2.24. The highest BCUT2D eigenvalue weighted by Crippen LogP contribution is 2.34. The maximum atomic E-state index is 8.95. The van der Waals surface area contributed by atoms with Crippen LogP contribution in [0.2, 0.25) is 0 Å². The lowest BCUT2D eigenvalue weighted by Gasteiger charge is -2.30. The normalized spacial score (nSPS) is 16.1. The molecule has 1 N–H and O–H groups in total. The van der Waals surface area contributed by atoms with E-state index in [9.17, 15) is 0 Å². The molecule has 1 heterocycles. The van der Waals surface area contributed by atoms with Crippen LogP contribution in [0, 0.1) is 18.3 Å². The molecule has 0 aliphatic heterocycles. The van der Waals surface area contributed by atoms with Crippen LogP contribution in [0.15, 0.2) is 36.4 Å². The molecule has 94 valence electrons. The summed E-state index contributed by atoms with van der Waals surface area (Å²) in [7, 11) is 0. The summed E-state index contributed by atoms with van der Waals surface area (Å²) in [5.41, 5.74) is 4.41. The Labute approximate surface area is 112 Å². The first kappa shape index (κ1) is 11.7. The van der Waals surface area contributed by atoms with Crippen molar-refractivity contribution in [3.05, 3.63) is 58.8 Å². The third-order valence-corrected chi connectivity index (χ3v) is 3.57. The topological polar surface area (TPSA) is 48.7 Å². The molecule has 0 saturated carbocycles. The van der Waals surface area contributed by atoms with Crippen molar-refractivity contribution in [1.82, 2.24) is 4.98 Å². The number of rotatable bonds is 3. The molecule has 3 rings (SSSR count). The second-order valence-electron chi connectivity index (χ2n) is 4.98. The van der Waals surface area contributed by atoms with Gasteiger partial charge in [-0.1, -0.05) is 24.3 Å². The van der Waals surface area contributed by atoms with Crippen molar-refractivity contribution < 1.29 is 0 Å². The van der Waals surface area contributed by atoms with E-state index in [2.05, 4.69) is 40.6 Å². The van der Waals surface area contributed by atoms with Crippen LogP contribution in [-0.4, -0.2) is 11.5 Å². The summed E-state index contributed by atoms with van der Waals surface area (Å²) in [6.45, 7) is 2.78. The highest BCUT2D eigenvalue weighted by molar-refractivity contribution is 5.46. The minimum absolute atomic E-state index is 0.559. The number of benzene rings is 1. The number of pyridine rings is 1. The fraction of sp³-hybridized carbons (Fsp3) is 0.250. The second-order valence-corrected chi connectivity index (χ2v) is 4.98. The van der Waals surface area contributed by atoms with Gasteiger partial charge in [0.2, 0.25) is 0 Å². The third kappa shape index (κ3) is 2.30. The molecule has 1 atom stereocenters. The summed E-state index contributed by atoms with van der Waals surface area (Å²) in [5.74, 6) is 1.35. The Morgan fingerprint density at radius 3 is 3.00 bits per heavy atom. The number of nitriles is 1. The van der Waals surface area contributed by atoms with Gasteiger partial charge < -0.3 is 5.32 Å². The van der Waals surface area contributed by atoms with Crippen LogP contribution < -0.4 is 5.32 Å². The molecular weight excluding hydrogens is 234 g/mol. The predicted molar refractivity (Wildman–Crippen MR) is 75.1 cm³/mol. The van der Waals surface area contributed by atoms with Gasteiger partial charge in [0.15, 0.2) is 0 Å². The zero-order valence-electron chi connectivity index (χ0n) is 10.9. The quantitative estimate of drug-likeness (QED) is 0.909. The van der Waals surface area contributed by atoms with E-state index in [4.69, 9.17) is 5.26 Å². The van der Waals surface area contributed by atoms with Gasteiger partial charge in [-0.15, -0.1) is 0 Å². The molecule has 1 aromatic heterocycles. The smallest absolute Gasteiger partial charge is 0.127 e. The number of nitrogens with zero attached hydrogens (tertiary/aromatic N) is 2. The van der Waals surface area contributed by atoms with Crippen LogP contribution in [-0.2, 0) is 6.42 Å². The van der Waals surface area contributed by atoms with Crippen molar-refractivity contribution in [2.75, 3.05) is 11.9 Å². The van der Waals surface area contributed by atoms with Gasteiger partial charge in [-0.2, -0.15) is 5.26 Å². The molecular formula is C16H15N3. The molecule has 19 heavy (non-hydrogen) atoms. The van der Waals surface area contributed by atoms with Gasteiger partial charge in [0.05, 0.1) is 11.6 Å². The summed E-state index contributed by atoms with van der Waals surface area (Å²) >= 11 is 0. The molecule has 0 saturated heterocycles. The van der Waals surface area contributed by atoms with Crippen LogP contribution in [0.5, 0.6) is 0 Å². The van der Waals surface area contributed by atoms with E-state index in [1.807, 2.05) is 6.92 Å². The summed E-state index contributed by atoms with van der Waals surface area (Å²) in [5, 5.41) is 12.3.